The molecule has 0 aliphatic heterocycles. The molecule has 1 heterocycles. The van der Waals surface area contributed by atoms with Crippen LogP contribution in [-0.4, -0.2) is 17.8 Å². The number of aromatic nitrogens is 1. The first kappa shape index (κ1) is 17.4. The zero-order valence-electron chi connectivity index (χ0n) is 15.1. The maximum atomic E-state index is 5.60. The molecule has 0 aliphatic carbocycles. The fourth-order valence-corrected chi connectivity index (χ4v) is 3.48. The first-order chi connectivity index (χ1) is 13.3. The lowest BCUT2D eigenvalue weighted by Crippen LogP contribution is -1.94. The molecule has 0 saturated heterocycles. The predicted molar refractivity (Wildman–Crippen MR) is 115 cm³/mol. The SMILES string of the molecule is CCCOc1ccc(/C=N/c2nc(-c3ccc4ccccc4c3)cs2)cc1. The van der Waals surface area contributed by atoms with E-state index in [4.69, 9.17) is 4.74 Å². The number of hydrogen-bond acceptors (Lipinski definition) is 4. The topological polar surface area (TPSA) is 34.5 Å². The Bertz CT molecular complexity index is 1070. The van der Waals surface area contributed by atoms with E-state index in [2.05, 4.69) is 64.7 Å². The molecule has 0 N–H and O–H groups in total. The van der Waals surface area contributed by atoms with Crippen molar-refractivity contribution < 1.29 is 4.74 Å². The van der Waals surface area contributed by atoms with Crippen LogP contribution < -0.4 is 4.74 Å². The van der Waals surface area contributed by atoms with Gasteiger partial charge in [0.1, 0.15) is 5.75 Å². The summed E-state index contributed by atoms with van der Waals surface area (Å²) in [7, 11) is 0. The average molecular weight is 372 g/mol. The van der Waals surface area contributed by atoms with E-state index in [1.165, 1.54) is 10.8 Å². The molecule has 0 unspecified atom stereocenters. The van der Waals surface area contributed by atoms with Gasteiger partial charge in [0.25, 0.3) is 0 Å². The molecule has 27 heavy (non-hydrogen) atoms. The summed E-state index contributed by atoms with van der Waals surface area (Å²) in [5.41, 5.74) is 3.10. The molecule has 0 aliphatic rings. The van der Waals surface area contributed by atoms with Crippen molar-refractivity contribution >= 4 is 33.5 Å². The normalized spacial score (nSPS) is 11.3. The van der Waals surface area contributed by atoms with E-state index in [-0.39, 0.29) is 0 Å². The highest BCUT2D eigenvalue weighted by atomic mass is 32.1. The van der Waals surface area contributed by atoms with Gasteiger partial charge in [-0.1, -0.05) is 43.3 Å². The van der Waals surface area contributed by atoms with Crippen LogP contribution in [0.25, 0.3) is 22.0 Å². The van der Waals surface area contributed by atoms with E-state index in [9.17, 15) is 0 Å². The van der Waals surface area contributed by atoms with Crippen molar-refractivity contribution in [1.82, 2.24) is 4.98 Å². The Kier molecular flexibility index (Phi) is 5.26. The fraction of sp³-hybridized carbons (Fsp3) is 0.130. The standard InChI is InChI=1S/C23H20N2OS/c1-2-13-26-21-11-7-17(8-12-21)15-24-23-25-22(16-27-23)20-10-9-18-5-3-4-6-19(18)14-20/h3-12,14-16H,2,13H2,1H3/b24-15+. The van der Waals surface area contributed by atoms with E-state index in [0.29, 0.717) is 0 Å². The van der Waals surface area contributed by atoms with Gasteiger partial charge in [-0.05, 0) is 53.1 Å². The average Bonchev–Trinajstić information content (AvgIpc) is 3.20. The van der Waals surface area contributed by atoms with Crippen LogP contribution in [0.3, 0.4) is 0 Å². The van der Waals surface area contributed by atoms with Crippen molar-refractivity contribution in [2.75, 3.05) is 6.61 Å². The number of fused-ring (bicyclic) bond motifs is 1. The lowest BCUT2D eigenvalue weighted by atomic mass is 10.1. The fourth-order valence-electron chi connectivity index (χ4n) is 2.80. The van der Waals surface area contributed by atoms with E-state index in [1.807, 2.05) is 30.5 Å². The largest absolute Gasteiger partial charge is 0.494 e. The zero-order chi connectivity index (χ0) is 18.5. The van der Waals surface area contributed by atoms with Crippen LogP contribution in [0.4, 0.5) is 5.13 Å². The number of ether oxygens (including phenoxy) is 1. The first-order valence-electron chi connectivity index (χ1n) is 9.03. The molecule has 0 radical (unpaired) electrons. The van der Waals surface area contributed by atoms with Gasteiger partial charge in [0, 0.05) is 17.2 Å². The second kappa shape index (κ2) is 8.14. The number of nitrogens with zero attached hydrogens (tertiary/aromatic N) is 2. The van der Waals surface area contributed by atoms with Crippen LogP contribution in [0.15, 0.2) is 77.1 Å². The summed E-state index contributed by atoms with van der Waals surface area (Å²) in [6, 6.07) is 22.7. The lowest BCUT2D eigenvalue weighted by molar-refractivity contribution is 0.317. The van der Waals surface area contributed by atoms with Crippen LogP contribution in [0.1, 0.15) is 18.9 Å². The summed E-state index contributed by atoms with van der Waals surface area (Å²) in [6.45, 7) is 2.84. The summed E-state index contributed by atoms with van der Waals surface area (Å²) in [6.07, 6.45) is 2.85. The van der Waals surface area contributed by atoms with Crippen LogP contribution >= 0.6 is 11.3 Å². The highest BCUT2D eigenvalue weighted by Gasteiger charge is 2.04. The molecular formula is C23H20N2OS. The van der Waals surface area contributed by atoms with Gasteiger partial charge in [-0.25, -0.2) is 9.98 Å². The Morgan fingerprint density at radius 3 is 2.63 bits per heavy atom. The van der Waals surface area contributed by atoms with Crippen molar-refractivity contribution in [3.05, 3.63) is 77.7 Å². The molecule has 3 nitrogen and oxygen atoms in total. The van der Waals surface area contributed by atoms with Crippen molar-refractivity contribution in [3.8, 4) is 17.0 Å². The summed E-state index contributed by atoms with van der Waals surface area (Å²) in [4.78, 5) is 9.17. The number of aliphatic imine (C=N–C) groups is 1. The molecule has 4 aromatic rings. The quantitative estimate of drug-likeness (QED) is 0.362. The highest BCUT2D eigenvalue weighted by Crippen LogP contribution is 2.29. The third-order valence-corrected chi connectivity index (χ3v) is 4.96. The molecule has 3 aromatic carbocycles. The molecule has 4 heteroatoms. The molecule has 4 rings (SSSR count). The Morgan fingerprint density at radius 1 is 1.00 bits per heavy atom. The maximum absolute atomic E-state index is 5.60. The van der Waals surface area contributed by atoms with Crippen molar-refractivity contribution in [1.29, 1.82) is 0 Å². The van der Waals surface area contributed by atoms with Crippen molar-refractivity contribution in [2.45, 2.75) is 13.3 Å². The second-order valence-corrected chi connectivity index (χ2v) is 7.09. The monoisotopic (exact) mass is 372 g/mol. The lowest BCUT2D eigenvalue weighted by Gasteiger charge is -2.03. The van der Waals surface area contributed by atoms with Crippen molar-refractivity contribution in [3.63, 3.8) is 0 Å². The van der Waals surface area contributed by atoms with Crippen LogP contribution in [0, 0.1) is 0 Å². The van der Waals surface area contributed by atoms with Gasteiger partial charge in [-0.15, -0.1) is 11.3 Å². The maximum Gasteiger partial charge on any atom is 0.209 e. The first-order valence-corrected chi connectivity index (χ1v) is 9.91. The molecule has 0 spiro atoms. The van der Waals surface area contributed by atoms with Gasteiger partial charge in [-0.3, -0.25) is 0 Å². The smallest absolute Gasteiger partial charge is 0.209 e. The number of thiazole rings is 1. The van der Waals surface area contributed by atoms with Crippen LogP contribution in [-0.2, 0) is 0 Å². The van der Waals surface area contributed by atoms with E-state index < -0.39 is 0 Å². The molecule has 0 saturated carbocycles. The minimum Gasteiger partial charge on any atom is -0.494 e. The van der Waals surface area contributed by atoms with Crippen molar-refractivity contribution in [2.24, 2.45) is 4.99 Å². The third-order valence-electron chi connectivity index (χ3n) is 4.21. The van der Waals surface area contributed by atoms with Crippen LogP contribution in [0.5, 0.6) is 5.75 Å². The minimum atomic E-state index is 0.740. The highest BCUT2D eigenvalue weighted by molar-refractivity contribution is 7.13. The Morgan fingerprint density at radius 2 is 1.81 bits per heavy atom. The molecule has 0 bridgehead atoms. The predicted octanol–water partition coefficient (Wildman–Crippen LogP) is 6.50. The summed E-state index contributed by atoms with van der Waals surface area (Å²) >= 11 is 1.55. The van der Waals surface area contributed by atoms with E-state index in [1.54, 1.807) is 11.3 Å². The Hall–Kier alpha value is -2.98. The third kappa shape index (κ3) is 4.23. The molecular weight excluding hydrogens is 352 g/mol. The molecule has 0 atom stereocenters. The van der Waals surface area contributed by atoms with Gasteiger partial charge in [0.05, 0.1) is 12.3 Å². The molecule has 0 amide bonds. The molecule has 134 valence electrons. The van der Waals surface area contributed by atoms with E-state index in [0.717, 1.165) is 40.7 Å². The Labute approximate surface area is 163 Å². The molecule has 1 aromatic heterocycles. The van der Waals surface area contributed by atoms with E-state index >= 15 is 0 Å². The zero-order valence-corrected chi connectivity index (χ0v) is 15.9. The van der Waals surface area contributed by atoms with Gasteiger partial charge in [-0.2, -0.15) is 0 Å². The van der Waals surface area contributed by atoms with Crippen LogP contribution in [0.2, 0.25) is 0 Å². The number of benzene rings is 3. The van der Waals surface area contributed by atoms with Gasteiger partial charge in [0.2, 0.25) is 5.13 Å². The number of hydrogen-bond donors (Lipinski definition) is 0. The molecule has 0 fully saturated rings. The summed E-state index contributed by atoms with van der Waals surface area (Å²) in [5, 5.41) is 5.27. The minimum absolute atomic E-state index is 0.740. The van der Waals surface area contributed by atoms with Gasteiger partial charge < -0.3 is 4.74 Å². The summed E-state index contributed by atoms with van der Waals surface area (Å²) in [5.74, 6) is 0.891. The Balaban J connectivity index is 1.49. The number of rotatable bonds is 6. The second-order valence-electron chi connectivity index (χ2n) is 6.25. The summed E-state index contributed by atoms with van der Waals surface area (Å²) < 4.78 is 5.60. The van der Waals surface area contributed by atoms with Gasteiger partial charge >= 0.3 is 0 Å². The van der Waals surface area contributed by atoms with Gasteiger partial charge in [0.15, 0.2) is 0 Å².